The highest BCUT2D eigenvalue weighted by Gasteiger charge is 2.17. The SMILES string of the molecule is CN1CCCN(C(=O)CCCNC(=O)NC2CCCCC2)CC1. The molecule has 132 valence electrons. The number of hydrogen-bond acceptors (Lipinski definition) is 3. The van der Waals surface area contributed by atoms with Gasteiger partial charge in [-0.05, 0) is 39.3 Å². The highest BCUT2D eigenvalue weighted by Crippen LogP contribution is 2.17. The molecule has 0 aromatic carbocycles. The van der Waals surface area contributed by atoms with Crippen LogP contribution in [0.2, 0.25) is 0 Å². The molecule has 0 bridgehead atoms. The second-order valence-corrected chi connectivity index (χ2v) is 6.88. The fourth-order valence-corrected chi connectivity index (χ4v) is 3.38. The third-order valence-electron chi connectivity index (χ3n) is 4.87. The van der Waals surface area contributed by atoms with Crippen LogP contribution in [0.5, 0.6) is 0 Å². The number of nitrogens with one attached hydrogen (secondary N) is 2. The molecule has 2 aliphatic rings. The first-order chi connectivity index (χ1) is 11.1. The van der Waals surface area contributed by atoms with Gasteiger partial charge in [-0.1, -0.05) is 19.3 Å². The van der Waals surface area contributed by atoms with Crippen molar-refractivity contribution in [1.29, 1.82) is 0 Å². The van der Waals surface area contributed by atoms with Gasteiger partial charge in [0.2, 0.25) is 5.91 Å². The Balaban J connectivity index is 1.55. The van der Waals surface area contributed by atoms with E-state index in [2.05, 4.69) is 22.6 Å². The molecule has 1 saturated heterocycles. The molecule has 0 radical (unpaired) electrons. The van der Waals surface area contributed by atoms with E-state index in [0.29, 0.717) is 25.4 Å². The van der Waals surface area contributed by atoms with Crippen molar-refractivity contribution >= 4 is 11.9 Å². The van der Waals surface area contributed by atoms with Crippen LogP contribution in [-0.2, 0) is 4.79 Å². The summed E-state index contributed by atoms with van der Waals surface area (Å²) in [4.78, 5) is 28.2. The fourth-order valence-electron chi connectivity index (χ4n) is 3.38. The number of urea groups is 1. The Labute approximate surface area is 140 Å². The number of amides is 3. The van der Waals surface area contributed by atoms with Crippen LogP contribution in [-0.4, -0.2) is 67.6 Å². The molecule has 1 saturated carbocycles. The van der Waals surface area contributed by atoms with Crippen molar-refractivity contribution in [2.45, 2.75) is 57.4 Å². The lowest BCUT2D eigenvalue weighted by Crippen LogP contribution is -2.43. The molecular weight excluding hydrogens is 292 g/mol. The molecule has 1 aliphatic heterocycles. The molecule has 6 heteroatoms. The fraction of sp³-hybridized carbons (Fsp3) is 0.882. The maximum atomic E-state index is 12.2. The first kappa shape index (κ1) is 18.0. The van der Waals surface area contributed by atoms with Gasteiger partial charge in [0.1, 0.15) is 0 Å². The molecule has 2 rings (SSSR count). The minimum Gasteiger partial charge on any atom is -0.341 e. The molecular formula is C17H32N4O2. The van der Waals surface area contributed by atoms with Gasteiger partial charge in [0.25, 0.3) is 0 Å². The summed E-state index contributed by atoms with van der Waals surface area (Å²) in [7, 11) is 2.10. The molecule has 6 nitrogen and oxygen atoms in total. The summed E-state index contributed by atoms with van der Waals surface area (Å²) in [6, 6.07) is 0.250. The van der Waals surface area contributed by atoms with Crippen molar-refractivity contribution in [2.75, 3.05) is 39.8 Å². The molecule has 2 fully saturated rings. The monoisotopic (exact) mass is 324 g/mol. The Bertz CT molecular complexity index is 383. The van der Waals surface area contributed by atoms with Gasteiger partial charge in [-0.15, -0.1) is 0 Å². The van der Waals surface area contributed by atoms with Crippen LogP contribution in [0, 0.1) is 0 Å². The highest BCUT2D eigenvalue weighted by molar-refractivity contribution is 5.76. The standard InChI is InChI=1S/C17H32N4O2/c1-20-11-6-12-21(14-13-20)16(22)9-5-10-18-17(23)19-15-7-3-2-4-8-15/h15H,2-14H2,1H3,(H2,18,19,23). The summed E-state index contributed by atoms with van der Waals surface area (Å²) in [6.45, 7) is 4.27. The molecule has 0 aromatic rings. The quantitative estimate of drug-likeness (QED) is 0.755. The smallest absolute Gasteiger partial charge is 0.315 e. The second kappa shape index (κ2) is 9.75. The summed E-state index contributed by atoms with van der Waals surface area (Å²) in [5.74, 6) is 0.217. The Kier molecular flexibility index (Phi) is 7.65. The average molecular weight is 324 g/mol. The topological polar surface area (TPSA) is 64.7 Å². The lowest BCUT2D eigenvalue weighted by atomic mass is 9.96. The van der Waals surface area contributed by atoms with Crippen LogP contribution >= 0.6 is 0 Å². The molecule has 0 aromatic heterocycles. The van der Waals surface area contributed by atoms with Gasteiger partial charge in [0.05, 0.1) is 0 Å². The molecule has 0 unspecified atom stereocenters. The van der Waals surface area contributed by atoms with Gasteiger partial charge < -0.3 is 20.4 Å². The zero-order valence-electron chi connectivity index (χ0n) is 14.5. The normalized spacial score (nSPS) is 20.8. The van der Waals surface area contributed by atoms with E-state index in [1.165, 1.54) is 19.3 Å². The zero-order valence-corrected chi connectivity index (χ0v) is 14.5. The van der Waals surface area contributed by atoms with Crippen molar-refractivity contribution in [2.24, 2.45) is 0 Å². The lowest BCUT2D eigenvalue weighted by Gasteiger charge is -2.23. The van der Waals surface area contributed by atoms with Crippen molar-refractivity contribution in [3.05, 3.63) is 0 Å². The third kappa shape index (κ3) is 6.77. The molecule has 1 heterocycles. The van der Waals surface area contributed by atoms with E-state index < -0.39 is 0 Å². The summed E-state index contributed by atoms with van der Waals surface area (Å²) < 4.78 is 0. The third-order valence-corrected chi connectivity index (χ3v) is 4.87. The number of hydrogen-bond donors (Lipinski definition) is 2. The van der Waals surface area contributed by atoms with E-state index in [1.54, 1.807) is 0 Å². The molecule has 0 atom stereocenters. The molecule has 23 heavy (non-hydrogen) atoms. The van der Waals surface area contributed by atoms with E-state index >= 15 is 0 Å². The van der Waals surface area contributed by atoms with Crippen molar-refractivity contribution in [1.82, 2.24) is 20.4 Å². The average Bonchev–Trinajstić information content (AvgIpc) is 2.77. The van der Waals surface area contributed by atoms with E-state index in [4.69, 9.17) is 0 Å². The van der Waals surface area contributed by atoms with Crippen molar-refractivity contribution < 1.29 is 9.59 Å². The van der Waals surface area contributed by atoms with Gasteiger partial charge in [0.15, 0.2) is 0 Å². The largest absolute Gasteiger partial charge is 0.341 e. The maximum Gasteiger partial charge on any atom is 0.315 e. The van der Waals surface area contributed by atoms with Gasteiger partial charge >= 0.3 is 6.03 Å². The van der Waals surface area contributed by atoms with Crippen LogP contribution in [0.4, 0.5) is 4.79 Å². The second-order valence-electron chi connectivity index (χ2n) is 6.88. The molecule has 3 amide bonds. The first-order valence-electron chi connectivity index (χ1n) is 9.16. The number of likely N-dealkylation sites (N-methyl/N-ethyl adjacent to an activating group) is 1. The zero-order chi connectivity index (χ0) is 16.5. The summed E-state index contributed by atoms with van der Waals surface area (Å²) >= 11 is 0. The lowest BCUT2D eigenvalue weighted by molar-refractivity contribution is -0.131. The van der Waals surface area contributed by atoms with Crippen LogP contribution in [0.25, 0.3) is 0 Å². The number of rotatable bonds is 5. The Morgan fingerprint density at radius 3 is 2.57 bits per heavy atom. The molecule has 0 spiro atoms. The van der Waals surface area contributed by atoms with Crippen molar-refractivity contribution in [3.8, 4) is 0 Å². The number of carbonyl (C=O) groups excluding carboxylic acids is 2. The van der Waals surface area contributed by atoms with Crippen LogP contribution in [0.15, 0.2) is 0 Å². The number of nitrogens with zero attached hydrogens (tertiary/aromatic N) is 2. The predicted molar refractivity (Wildman–Crippen MR) is 91.3 cm³/mol. The first-order valence-corrected chi connectivity index (χ1v) is 9.16. The van der Waals surface area contributed by atoms with Crippen LogP contribution < -0.4 is 10.6 Å². The number of carbonyl (C=O) groups is 2. The van der Waals surface area contributed by atoms with Gasteiger partial charge in [-0.25, -0.2) is 4.79 Å². The summed E-state index contributed by atoms with van der Waals surface area (Å²) in [5, 5.41) is 5.91. The van der Waals surface area contributed by atoms with Gasteiger partial charge in [0, 0.05) is 38.6 Å². The Morgan fingerprint density at radius 2 is 1.78 bits per heavy atom. The van der Waals surface area contributed by atoms with E-state index in [-0.39, 0.29) is 11.9 Å². The van der Waals surface area contributed by atoms with Gasteiger partial charge in [-0.2, -0.15) is 0 Å². The predicted octanol–water partition coefficient (Wildman–Crippen LogP) is 1.56. The Morgan fingerprint density at radius 1 is 1.00 bits per heavy atom. The Hall–Kier alpha value is -1.30. The van der Waals surface area contributed by atoms with E-state index in [9.17, 15) is 9.59 Å². The molecule has 2 N–H and O–H groups in total. The summed E-state index contributed by atoms with van der Waals surface area (Å²) in [6.07, 6.45) is 8.18. The van der Waals surface area contributed by atoms with Crippen molar-refractivity contribution in [3.63, 3.8) is 0 Å². The minimum atomic E-state index is -0.0826. The maximum absolute atomic E-state index is 12.2. The summed E-state index contributed by atoms with van der Waals surface area (Å²) in [5.41, 5.74) is 0. The molecule has 1 aliphatic carbocycles. The van der Waals surface area contributed by atoms with Gasteiger partial charge in [-0.3, -0.25) is 4.79 Å². The van der Waals surface area contributed by atoms with Crippen LogP contribution in [0.3, 0.4) is 0 Å². The van der Waals surface area contributed by atoms with E-state index in [0.717, 1.165) is 45.4 Å². The van der Waals surface area contributed by atoms with Crippen LogP contribution in [0.1, 0.15) is 51.4 Å². The van der Waals surface area contributed by atoms with E-state index in [1.807, 2.05) is 4.90 Å². The highest BCUT2D eigenvalue weighted by atomic mass is 16.2. The minimum absolute atomic E-state index is 0.0826.